The van der Waals surface area contributed by atoms with E-state index in [-0.39, 0.29) is 10.7 Å². The largest absolute Gasteiger partial charge is 0.295 e. The molecule has 6 nitrogen and oxygen atoms in total. The molecule has 0 spiro atoms. The number of carbonyl (C=O) groups is 2. The Morgan fingerprint density at radius 2 is 1.73 bits per heavy atom. The number of carbonyl (C=O) groups excluding carboxylic acids is 2. The first-order valence-corrected chi connectivity index (χ1v) is 9.07. The maximum Gasteiger partial charge on any atom is 0.276 e. The molecule has 0 aliphatic carbocycles. The smallest absolute Gasteiger partial charge is 0.276 e. The lowest BCUT2D eigenvalue weighted by atomic mass is 10.2. The minimum atomic E-state index is -3.90. The van der Waals surface area contributed by atoms with Gasteiger partial charge in [-0.15, -0.1) is 16.2 Å². The van der Waals surface area contributed by atoms with E-state index in [0.717, 1.165) is 3.79 Å². The molecule has 1 amide bonds. The number of ketones is 1. The second-order valence-corrected chi connectivity index (χ2v) is 8.39. The summed E-state index contributed by atoms with van der Waals surface area (Å²) < 4.78 is 24.8. The van der Waals surface area contributed by atoms with E-state index >= 15 is 0 Å². The molecule has 9 heteroatoms. The average molecular weight is 403 g/mol. The highest BCUT2D eigenvalue weighted by atomic mass is 79.9. The molecule has 22 heavy (non-hydrogen) atoms. The zero-order valence-electron chi connectivity index (χ0n) is 11.3. The standard InChI is InChI=1S/C13H11BrN2O4S2/c1-8(17)9-2-4-10(5-3-9)22(19,20)16-15-13(18)11-6-7-12(14)21-11/h2-7,16H,1H3,(H,15,18). The molecule has 0 saturated heterocycles. The summed E-state index contributed by atoms with van der Waals surface area (Å²) >= 11 is 4.40. The molecular weight excluding hydrogens is 392 g/mol. The molecule has 0 bridgehead atoms. The minimum absolute atomic E-state index is 0.0508. The van der Waals surface area contributed by atoms with Crippen LogP contribution in [0.5, 0.6) is 0 Å². The quantitative estimate of drug-likeness (QED) is 0.592. The summed E-state index contributed by atoms with van der Waals surface area (Å²) in [5.74, 6) is -0.715. The number of hydrogen-bond donors (Lipinski definition) is 2. The molecule has 2 rings (SSSR count). The van der Waals surface area contributed by atoms with Gasteiger partial charge in [-0.05, 0) is 47.1 Å². The number of amides is 1. The van der Waals surface area contributed by atoms with Gasteiger partial charge in [0, 0.05) is 5.56 Å². The van der Waals surface area contributed by atoms with Crippen molar-refractivity contribution >= 4 is 49.0 Å². The van der Waals surface area contributed by atoms with Gasteiger partial charge in [-0.25, -0.2) is 8.42 Å². The monoisotopic (exact) mass is 402 g/mol. The fourth-order valence-electron chi connectivity index (χ4n) is 1.54. The number of hydrogen-bond acceptors (Lipinski definition) is 5. The van der Waals surface area contributed by atoms with Crippen LogP contribution in [-0.4, -0.2) is 20.1 Å². The molecule has 0 saturated carbocycles. The van der Waals surface area contributed by atoms with Crippen LogP contribution >= 0.6 is 27.3 Å². The van der Waals surface area contributed by atoms with Crippen molar-refractivity contribution in [1.29, 1.82) is 0 Å². The van der Waals surface area contributed by atoms with Gasteiger partial charge in [-0.3, -0.25) is 15.0 Å². The zero-order chi connectivity index (χ0) is 16.3. The normalized spacial score (nSPS) is 11.2. The Balaban J connectivity index is 2.07. The van der Waals surface area contributed by atoms with Crippen LogP contribution < -0.4 is 10.3 Å². The molecule has 0 radical (unpaired) electrons. The highest BCUT2D eigenvalue weighted by Gasteiger charge is 2.16. The first-order valence-electron chi connectivity index (χ1n) is 5.98. The summed E-state index contributed by atoms with van der Waals surface area (Å²) in [5, 5.41) is 0. The Kier molecular flexibility index (Phi) is 5.12. The van der Waals surface area contributed by atoms with Crippen molar-refractivity contribution in [3.05, 3.63) is 50.6 Å². The van der Waals surface area contributed by atoms with E-state index in [1.54, 1.807) is 12.1 Å². The van der Waals surface area contributed by atoms with Crippen LogP contribution in [0.15, 0.2) is 45.1 Å². The number of benzene rings is 1. The van der Waals surface area contributed by atoms with Gasteiger partial charge in [0.1, 0.15) is 0 Å². The molecule has 2 N–H and O–H groups in total. The van der Waals surface area contributed by atoms with Gasteiger partial charge in [-0.2, -0.15) is 0 Å². The summed E-state index contributed by atoms with van der Waals surface area (Å²) in [6.07, 6.45) is 0. The molecule has 0 aliphatic rings. The van der Waals surface area contributed by atoms with Gasteiger partial charge in [0.2, 0.25) is 0 Å². The van der Waals surface area contributed by atoms with E-state index in [9.17, 15) is 18.0 Å². The second kappa shape index (κ2) is 6.69. The van der Waals surface area contributed by atoms with Gasteiger partial charge < -0.3 is 0 Å². The van der Waals surface area contributed by atoms with E-state index in [4.69, 9.17) is 0 Å². The molecule has 1 aromatic heterocycles. The maximum absolute atomic E-state index is 12.0. The number of nitrogens with one attached hydrogen (secondary N) is 2. The van der Waals surface area contributed by atoms with Gasteiger partial charge in [-0.1, -0.05) is 12.1 Å². The fraction of sp³-hybridized carbons (Fsp3) is 0.0769. The van der Waals surface area contributed by atoms with Crippen molar-refractivity contribution in [2.24, 2.45) is 0 Å². The van der Waals surface area contributed by atoms with Crippen LogP contribution in [0.4, 0.5) is 0 Å². The van der Waals surface area contributed by atoms with Gasteiger partial charge in [0.05, 0.1) is 13.6 Å². The lowest BCUT2D eigenvalue weighted by Crippen LogP contribution is -2.41. The van der Waals surface area contributed by atoms with Crippen LogP contribution in [0, 0.1) is 0 Å². The molecule has 0 atom stereocenters. The summed E-state index contributed by atoms with van der Waals surface area (Å²) in [4.78, 5) is 25.3. The van der Waals surface area contributed by atoms with Crippen LogP contribution in [0.2, 0.25) is 0 Å². The first kappa shape index (κ1) is 16.8. The molecule has 0 unspecified atom stereocenters. The Bertz CT molecular complexity index is 813. The molecule has 2 aromatic rings. The molecular formula is C13H11BrN2O4S2. The first-order chi connectivity index (χ1) is 10.3. The van der Waals surface area contributed by atoms with Gasteiger partial charge in [0.25, 0.3) is 15.9 Å². The number of sulfonamides is 1. The summed E-state index contributed by atoms with van der Waals surface area (Å²) in [6, 6.07) is 8.68. The summed E-state index contributed by atoms with van der Waals surface area (Å²) in [5.41, 5.74) is 2.54. The summed E-state index contributed by atoms with van der Waals surface area (Å²) in [7, 11) is -3.90. The van der Waals surface area contributed by atoms with E-state index in [1.807, 2.05) is 4.83 Å². The van der Waals surface area contributed by atoms with Crippen LogP contribution in [0.3, 0.4) is 0 Å². The average Bonchev–Trinajstić information content (AvgIpc) is 2.91. The van der Waals surface area contributed by atoms with Crippen molar-refractivity contribution in [2.45, 2.75) is 11.8 Å². The third-order valence-electron chi connectivity index (χ3n) is 2.67. The highest BCUT2D eigenvalue weighted by Crippen LogP contribution is 2.21. The third kappa shape index (κ3) is 4.01. The van der Waals surface area contributed by atoms with Crippen LogP contribution in [0.1, 0.15) is 27.0 Å². The second-order valence-electron chi connectivity index (χ2n) is 4.24. The Morgan fingerprint density at radius 3 is 2.23 bits per heavy atom. The lowest BCUT2D eigenvalue weighted by Gasteiger charge is -2.08. The van der Waals surface area contributed by atoms with Crippen molar-refractivity contribution in [2.75, 3.05) is 0 Å². The number of halogens is 1. The van der Waals surface area contributed by atoms with Crippen LogP contribution in [-0.2, 0) is 10.0 Å². The van der Waals surface area contributed by atoms with E-state index in [1.165, 1.54) is 42.5 Å². The van der Waals surface area contributed by atoms with E-state index in [0.29, 0.717) is 10.4 Å². The highest BCUT2D eigenvalue weighted by molar-refractivity contribution is 9.11. The molecule has 0 fully saturated rings. The Labute approximate surface area is 139 Å². The molecule has 1 heterocycles. The number of hydrazine groups is 1. The predicted molar refractivity (Wildman–Crippen MR) is 86.3 cm³/mol. The Hall–Kier alpha value is -1.55. The topological polar surface area (TPSA) is 92.3 Å². The van der Waals surface area contributed by atoms with Crippen molar-refractivity contribution < 1.29 is 18.0 Å². The van der Waals surface area contributed by atoms with Crippen molar-refractivity contribution in [3.63, 3.8) is 0 Å². The molecule has 116 valence electrons. The number of Topliss-reactive ketones (excluding diaryl/α,β-unsaturated/α-hetero) is 1. The van der Waals surface area contributed by atoms with Gasteiger partial charge in [0.15, 0.2) is 5.78 Å². The van der Waals surface area contributed by atoms with Crippen molar-refractivity contribution in [1.82, 2.24) is 10.3 Å². The van der Waals surface area contributed by atoms with E-state index in [2.05, 4.69) is 21.4 Å². The number of rotatable bonds is 5. The third-order valence-corrected chi connectivity index (χ3v) is 5.55. The molecule has 1 aromatic carbocycles. The predicted octanol–water partition coefficient (Wildman–Crippen LogP) is 2.34. The Morgan fingerprint density at radius 1 is 1.09 bits per heavy atom. The van der Waals surface area contributed by atoms with Crippen molar-refractivity contribution in [3.8, 4) is 0 Å². The van der Waals surface area contributed by atoms with Crippen LogP contribution in [0.25, 0.3) is 0 Å². The SMILES string of the molecule is CC(=O)c1ccc(S(=O)(=O)NNC(=O)c2ccc(Br)s2)cc1. The van der Waals surface area contributed by atoms with E-state index < -0.39 is 15.9 Å². The van der Waals surface area contributed by atoms with Gasteiger partial charge >= 0.3 is 0 Å². The number of thiophene rings is 1. The minimum Gasteiger partial charge on any atom is -0.295 e. The lowest BCUT2D eigenvalue weighted by molar-refractivity contribution is 0.0948. The fourth-order valence-corrected chi connectivity index (χ4v) is 3.66. The summed E-state index contributed by atoms with van der Waals surface area (Å²) in [6.45, 7) is 1.39. The zero-order valence-corrected chi connectivity index (χ0v) is 14.5. The maximum atomic E-state index is 12.0. The molecule has 0 aliphatic heterocycles.